The van der Waals surface area contributed by atoms with Crippen LogP contribution in [0.25, 0.3) is 0 Å². The lowest BCUT2D eigenvalue weighted by Gasteiger charge is -2.33. The minimum Gasteiger partial charge on any atom is -0.445 e. The van der Waals surface area contributed by atoms with E-state index in [-0.39, 0.29) is 18.5 Å². The lowest BCUT2D eigenvalue weighted by molar-refractivity contribution is 0.122. The fourth-order valence-corrected chi connectivity index (χ4v) is 3.12. The van der Waals surface area contributed by atoms with Gasteiger partial charge < -0.3 is 10.1 Å². The zero-order valence-electron chi connectivity index (χ0n) is 14.2. The maximum atomic E-state index is 13.8. The van der Waals surface area contributed by atoms with Gasteiger partial charge in [-0.1, -0.05) is 48.5 Å². The molecule has 1 atom stereocenters. The molecule has 0 spiro atoms. The summed E-state index contributed by atoms with van der Waals surface area (Å²) in [6.45, 7) is 2.43. The van der Waals surface area contributed by atoms with E-state index in [9.17, 15) is 9.18 Å². The van der Waals surface area contributed by atoms with Gasteiger partial charge in [0.2, 0.25) is 0 Å². The molecular weight excluding hydrogens is 319 g/mol. The van der Waals surface area contributed by atoms with Gasteiger partial charge >= 0.3 is 6.09 Å². The van der Waals surface area contributed by atoms with Crippen LogP contribution < -0.4 is 5.32 Å². The van der Waals surface area contributed by atoms with Gasteiger partial charge in [-0.05, 0) is 31.0 Å². The molecule has 1 fully saturated rings. The molecule has 0 saturated carbocycles. The summed E-state index contributed by atoms with van der Waals surface area (Å²) in [7, 11) is 0. The van der Waals surface area contributed by atoms with E-state index in [0.29, 0.717) is 18.7 Å². The molecule has 4 nitrogen and oxygen atoms in total. The van der Waals surface area contributed by atoms with Crippen molar-refractivity contribution < 1.29 is 13.9 Å². The summed E-state index contributed by atoms with van der Waals surface area (Å²) in [4.78, 5) is 14.2. The van der Waals surface area contributed by atoms with Crippen molar-refractivity contribution in [3.63, 3.8) is 0 Å². The lowest BCUT2D eigenvalue weighted by Crippen LogP contribution is -2.47. The number of rotatable bonds is 5. The second kappa shape index (κ2) is 8.62. The first kappa shape index (κ1) is 17.4. The molecule has 5 heteroatoms. The number of halogens is 1. The molecule has 1 aliphatic rings. The molecule has 2 aromatic rings. The maximum absolute atomic E-state index is 13.8. The normalized spacial score (nSPS) is 17.9. The molecule has 1 heterocycles. The van der Waals surface area contributed by atoms with E-state index < -0.39 is 6.09 Å². The number of hydrogen-bond donors (Lipinski definition) is 1. The Kier molecular flexibility index (Phi) is 6.01. The average Bonchev–Trinajstić information content (AvgIpc) is 2.63. The largest absolute Gasteiger partial charge is 0.445 e. The predicted molar refractivity (Wildman–Crippen MR) is 94.5 cm³/mol. The van der Waals surface area contributed by atoms with Gasteiger partial charge in [0.05, 0.1) is 0 Å². The Labute approximate surface area is 147 Å². The van der Waals surface area contributed by atoms with Gasteiger partial charge in [0.15, 0.2) is 0 Å². The van der Waals surface area contributed by atoms with Crippen LogP contribution in [0, 0.1) is 5.82 Å². The Morgan fingerprint density at radius 2 is 1.92 bits per heavy atom. The highest BCUT2D eigenvalue weighted by atomic mass is 19.1. The molecule has 1 N–H and O–H groups in total. The number of nitrogens with zero attached hydrogens (tertiary/aromatic N) is 1. The topological polar surface area (TPSA) is 41.6 Å². The molecule has 0 bridgehead atoms. The number of ether oxygens (including phenoxy) is 1. The molecule has 0 aliphatic carbocycles. The molecule has 132 valence electrons. The lowest BCUT2D eigenvalue weighted by atomic mass is 10.0. The molecule has 25 heavy (non-hydrogen) atoms. The standard InChI is InChI=1S/C20H23FN2O2/c21-19-11-5-4-9-17(19)13-23-12-6-10-18(14-23)22-20(24)25-15-16-7-2-1-3-8-16/h1-5,7-9,11,18H,6,10,12-15H2,(H,22,24). The Hall–Kier alpha value is -2.40. The molecule has 1 amide bonds. The molecular formula is C20H23FN2O2. The number of amides is 1. The third kappa shape index (κ3) is 5.29. The number of alkyl carbamates (subject to hydrolysis) is 1. The van der Waals surface area contributed by atoms with Crippen LogP contribution in [-0.2, 0) is 17.9 Å². The first-order chi connectivity index (χ1) is 12.2. The number of benzene rings is 2. The van der Waals surface area contributed by atoms with Crippen LogP contribution in [0.4, 0.5) is 9.18 Å². The van der Waals surface area contributed by atoms with Gasteiger partial charge in [-0.2, -0.15) is 0 Å². The summed E-state index contributed by atoms with van der Waals surface area (Å²) in [5.74, 6) is -0.181. The van der Waals surface area contributed by atoms with Crippen molar-refractivity contribution in [2.24, 2.45) is 0 Å². The quantitative estimate of drug-likeness (QED) is 0.900. The van der Waals surface area contributed by atoms with Crippen molar-refractivity contribution in [3.05, 3.63) is 71.5 Å². The first-order valence-electron chi connectivity index (χ1n) is 8.63. The monoisotopic (exact) mass is 342 g/mol. The number of nitrogens with one attached hydrogen (secondary N) is 1. The van der Waals surface area contributed by atoms with Crippen molar-refractivity contribution in [2.75, 3.05) is 13.1 Å². The highest BCUT2D eigenvalue weighted by Crippen LogP contribution is 2.16. The van der Waals surface area contributed by atoms with Crippen molar-refractivity contribution in [2.45, 2.75) is 32.0 Å². The second-order valence-corrected chi connectivity index (χ2v) is 6.37. The van der Waals surface area contributed by atoms with Crippen LogP contribution in [-0.4, -0.2) is 30.1 Å². The van der Waals surface area contributed by atoms with Gasteiger partial charge in [-0.15, -0.1) is 0 Å². The summed E-state index contributed by atoms with van der Waals surface area (Å²) < 4.78 is 19.1. The summed E-state index contributed by atoms with van der Waals surface area (Å²) in [5.41, 5.74) is 1.65. The van der Waals surface area contributed by atoms with Gasteiger partial charge in [0.1, 0.15) is 12.4 Å². The SMILES string of the molecule is O=C(NC1CCCN(Cc2ccccc2F)C1)OCc1ccccc1. The molecule has 3 rings (SSSR count). The smallest absolute Gasteiger partial charge is 0.407 e. The average molecular weight is 342 g/mol. The molecule has 2 aromatic carbocycles. The number of hydrogen-bond acceptors (Lipinski definition) is 3. The van der Waals surface area contributed by atoms with Crippen LogP contribution in [0.2, 0.25) is 0 Å². The Bertz CT molecular complexity index is 693. The molecule has 0 aromatic heterocycles. The third-order valence-electron chi connectivity index (χ3n) is 4.39. The van der Waals surface area contributed by atoms with E-state index in [1.165, 1.54) is 6.07 Å². The molecule has 0 radical (unpaired) electrons. The van der Waals surface area contributed by atoms with Gasteiger partial charge in [-0.25, -0.2) is 9.18 Å². The Balaban J connectivity index is 1.46. The van der Waals surface area contributed by atoms with Gasteiger partial charge in [0, 0.05) is 24.7 Å². The van der Waals surface area contributed by atoms with Gasteiger partial charge in [0.25, 0.3) is 0 Å². The van der Waals surface area contributed by atoms with E-state index in [4.69, 9.17) is 4.74 Å². The summed E-state index contributed by atoms with van der Waals surface area (Å²) >= 11 is 0. The number of piperidine rings is 1. The highest BCUT2D eigenvalue weighted by molar-refractivity contribution is 5.67. The van der Waals surface area contributed by atoms with Crippen LogP contribution in [0.15, 0.2) is 54.6 Å². The summed E-state index contributed by atoms with van der Waals surface area (Å²) in [5, 5.41) is 2.92. The van der Waals surface area contributed by atoms with Crippen LogP contribution in [0.3, 0.4) is 0 Å². The number of carbonyl (C=O) groups excluding carboxylic acids is 1. The highest BCUT2D eigenvalue weighted by Gasteiger charge is 2.22. The molecule has 1 unspecified atom stereocenters. The van der Waals surface area contributed by atoms with Crippen molar-refractivity contribution in [3.8, 4) is 0 Å². The minimum atomic E-state index is -0.401. The fraction of sp³-hybridized carbons (Fsp3) is 0.350. The Morgan fingerprint density at radius 3 is 2.72 bits per heavy atom. The van der Waals surface area contributed by atoms with Crippen molar-refractivity contribution in [1.29, 1.82) is 0 Å². The fourth-order valence-electron chi connectivity index (χ4n) is 3.12. The third-order valence-corrected chi connectivity index (χ3v) is 4.39. The van der Waals surface area contributed by atoms with Crippen LogP contribution in [0.5, 0.6) is 0 Å². The Morgan fingerprint density at radius 1 is 1.16 bits per heavy atom. The van der Waals surface area contributed by atoms with Crippen molar-refractivity contribution >= 4 is 6.09 Å². The zero-order valence-corrected chi connectivity index (χ0v) is 14.2. The van der Waals surface area contributed by atoms with Gasteiger partial charge in [-0.3, -0.25) is 4.90 Å². The summed E-state index contributed by atoms with van der Waals surface area (Å²) in [6, 6.07) is 16.5. The second-order valence-electron chi connectivity index (χ2n) is 6.37. The maximum Gasteiger partial charge on any atom is 0.407 e. The first-order valence-corrected chi connectivity index (χ1v) is 8.63. The summed E-state index contributed by atoms with van der Waals surface area (Å²) in [6.07, 6.45) is 1.48. The van der Waals surface area contributed by atoms with E-state index >= 15 is 0 Å². The van der Waals surface area contributed by atoms with E-state index in [1.807, 2.05) is 36.4 Å². The van der Waals surface area contributed by atoms with Crippen LogP contribution >= 0.6 is 0 Å². The van der Waals surface area contributed by atoms with E-state index in [1.54, 1.807) is 12.1 Å². The van der Waals surface area contributed by atoms with Crippen LogP contribution in [0.1, 0.15) is 24.0 Å². The van der Waals surface area contributed by atoms with Crippen molar-refractivity contribution in [1.82, 2.24) is 10.2 Å². The zero-order chi connectivity index (χ0) is 17.5. The number of carbonyl (C=O) groups is 1. The molecule has 1 saturated heterocycles. The minimum absolute atomic E-state index is 0.0313. The van der Waals surface area contributed by atoms with E-state index in [0.717, 1.165) is 24.9 Å². The predicted octanol–water partition coefficient (Wildman–Crippen LogP) is 3.72. The number of likely N-dealkylation sites (tertiary alicyclic amines) is 1. The molecule has 1 aliphatic heterocycles. The van der Waals surface area contributed by atoms with E-state index in [2.05, 4.69) is 10.2 Å².